The van der Waals surface area contributed by atoms with Crippen LogP contribution in [0.3, 0.4) is 0 Å². The molecule has 0 bridgehead atoms. The lowest BCUT2D eigenvalue weighted by atomic mass is 10.1. The zero-order valence-corrected chi connectivity index (χ0v) is 11.5. The number of hydrogen-bond donors (Lipinski definition) is 1. The van der Waals surface area contributed by atoms with Gasteiger partial charge in [-0.1, -0.05) is 6.92 Å². The summed E-state index contributed by atoms with van der Waals surface area (Å²) in [5.41, 5.74) is 2.51. The summed E-state index contributed by atoms with van der Waals surface area (Å²) in [5.74, 6) is 3.64. The number of aryl methyl sites for hydroxylation is 1. The molecule has 3 rings (SSSR count). The molecule has 0 spiro atoms. The van der Waals surface area contributed by atoms with E-state index < -0.39 is 0 Å². The molecule has 2 aromatic rings. The number of pyridine rings is 1. The van der Waals surface area contributed by atoms with Gasteiger partial charge in [0.25, 0.3) is 0 Å². The smallest absolute Gasteiger partial charge is 0.117 e. The van der Waals surface area contributed by atoms with E-state index in [0.29, 0.717) is 5.92 Å². The van der Waals surface area contributed by atoms with Crippen LogP contribution in [0, 0.1) is 12.8 Å². The molecular weight excluding hydrogens is 236 g/mol. The zero-order chi connectivity index (χ0) is 13.2. The van der Waals surface area contributed by atoms with Crippen molar-refractivity contribution in [2.45, 2.75) is 39.3 Å². The van der Waals surface area contributed by atoms with Crippen molar-refractivity contribution in [2.75, 3.05) is 0 Å². The van der Waals surface area contributed by atoms with Crippen molar-refractivity contribution in [1.82, 2.24) is 10.3 Å². The predicted molar refractivity (Wildman–Crippen MR) is 74.7 cm³/mol. The Morgan fingerprint density at radius 1 is 1.32 bits per heavy atom. The molecule has 2 atom stereocenters. The molecule has 0 amide bonds. The van der Waals surface area contributed by atoms with Crippen LogP contribution in [0.1, 0.15) is 41.9 Å². The molecule has 100 valence electrons. The maximum absolute atomic E-state index is 5.87. The molecule has 1 aliphatic rings. The topological polar surface area (TPSA) is 38.1 Å². The van der Waals surface area contributed by atoms with Crippen LogP contribution in [0.5, 0.6) is 0 Å². The fourth-order valence-electron chi connectivity index (χ4n) is 2.41. The van der Waals surface area contributed by atoms with Gasteiger partial charge in [-0.25, -0.2) is 0 Å². The van der Waals surface area contributed by atoms with Gasteiger partial charge in [-0.15, -0.1) is 0 Å². The molecular formula is C16H20N2O. The van der Waals surface area contributed by atoms with Gasteiger partial charge in [0.1, 0.15) is 11.5 Å². The fourth-order valence-corrected chi connectivity index (χ4v) is 2.41. The monoisotopic (exact) mass is 256 g/mol. The van der Waals surface area contributed by atoms with Crippen molar-refractivity contribution in [2.24, 2.45) is 5.92 Å². The van der Waals surface area contributed by atoms with Gasteiger partial charge in [0, 0.05) is 24.9 Å². The van der Waals surface area contributed by atoms with Crippen LogP contribution in [0.2, 0.25) is 0 Å². The molecule has 2 aromatic heterocycles. The highest BCUT2D eigenvalue weighted by atomic mass is 16.3. The lowest BCUT2D eigenvalue weighted by molar-refractivity contribution is 0.444. The molecule has 2 unspecified atom stereocenters. The van der Waals surface area contributed by atoms with Gasteiger partial charge in [-0.2, -0.15) is 0 Å². The normalized spacial score (nSPS) is 21.6. The summed E-state index contributed by atoms with van der Waals surface area (Å²) in [6, 6.07) is 6.25. The number of nitrogens with zero attached hydrogens (tertiary/aromatic N) is 1. The van der Waals surface area contributed by atoms with Crippen molar-refractivity contribution in [3.8, 4) is 0 Å². The van der Waals surface area contributed by atoms with E-state index in [-0.39, 0.29) is 0 Å². The third-order valence-electron chi connectivity index (χ3n) is 3.92. The van der Waals surface area contributed by atoms with Gasteiger partial charge in [-0.05, 0) is 48.6 Å². The maximum atomic E-state index is 5.87. The number of hydrogen-bond acceptors (Lipinski definition) is 3. The van der Waals surface area contributed by atoms with Crippen LogP contribution >= 0.6 is 0 Å². The molecule has 1 aliphatic carbocycles. The Labute approximate surface area is 114 Å². The summed E-state index contributed by atoms with van der Waals surface area (Å²) < 4.78 is 5.87. The Morgan fingerprint density at radius 3 is 2.89 bits per heavy atom. The highest BCUT2D eigenvalue weighted by Crippen LogP contribution is 2.47. The molecule has 0 radical (unpaired) electrons. The van der Waals surface area contributed by atoms with Crippen LogP contribution in [0.4, 0.5) is 0 Å². The van der Waals surface area contributed by atoms with Gasteiger partial charge in [-0.3, -0.25) is 4.98 Å². The van der Waals surface area contributed by atoms with Crippen LogP contribution in [-0.4, -0.2) is 4.98 Å². The quantitative estimate of drug-likeness (QED) is 0.891. The average molecular weight is 256 g/mol. The van der Waals surface area contributed by atoms with Crippen LogP contribution < -0.4 is 5.32 Å². The predicted octanol–water partition coefficient (Wildman–Crippen LogP) is 3.40. The molecule has 0 aliphatic heterocycles. The Hall–Kier alpha value is -1.61. The van der Waals surface area contributed by atoms with Gasteiger partial charge >= 0.3 is 0 Å². The number of aromatic nitrogens is 1. The number of rotatable bonds is 5. The van der Waals surface area contributed by atoms with Gasteiger partial charge in [0.2, 0.25) is 0 Å². The largest absolute Gasteiger partial charge is 0.464 e. The Morgan fingerprint density at radius 2 is 2.16 bits per heavy atom. The first kappa shape index (κ1) is 12.4. The standard InChI is InChI=1S/C16H20N2O/c1-11-5-6-17-8-13(11)9-18-10-14-3-4-16(19-14)15-7-12(15)2/h3-6,8,12,15,18H,7,9-10H2,1-2H3. The second kappa shape index (κ2) is 5.17. The molecule has 0 aromatic carbocycles. The van der Waals surface area contributed by atoms with Crippen LogP contribution in [0.15, 0.2) is 35.0 Å². The fraction of sp³-hybridized carbons (Fsp3) is 0.438. The number of nitrogens with one attached hydrogen (secondary N) is 1. The first-order chi connectivity index (χ1) is 9.24. The van der Waals surface area contributed by atoms with Crippen LogP contribution in [0.25, 0.3) is 0 Å². The minimum atomic E-state index is 0.661. The third-order valence-corrected chi connectivity index (χ3v) is 3.92. The summed E-state index contributed by atoms with van der Waals surface area (Å²) >= 11 is 0. The molecule has 3 nitrogen and oxygen atoms in total. The van der Waals surface area contributed by atoms with Crippen molar-refractivity contribution in [3.63, 3.8) is 0 Å². The van der Waals surface area contributed by atoms with Crippen molar-refractivity contribution in [1.29, 1.82) is 0 Å². The second-order valence-electron chi connectivity index (χ2n) is 5.53. The van der Waals surface area contributed by atoms with E-state index >= 15 is 0 Å². The highest BCUT2D eigenvalue weighted by Gasteiger charge is 2.36. The lowest BCUT2D eigenvalue weighted by Gasteiger charge is -2.05. The zero-order valence-electron chi connectivity index (χ0n) is 11.5. The Kier molecular flexibility index (Phi) is 3.38. The molecule has 1 N–H and O–H groups in total. The van der Waals surface area contributed by atoms with Crippen molar-refractivity contribution >= 4 is 0 Å². The van der Waals surface area contributed by atoms with Gasteiger partial charge in [0.05, 0.1) is 6.54 Å². The van der Waals surface area contributed by atoms with Crippen molar-refractivity contribution < 1.29 is 4.42 Å². The van der Waals surface area contributed by atoms with E-state index in [0.717, 1.165) is 30.5 Å². The van der Waals surface area contributed by atoms with E-state index in [1.807, 2.05) is 18.5 Å². The lowest BCUT2D eigenvalue weighted by Crippen LogP contribution is -2.13. The van der Waals surface area contributed by atoms with E-state index in [1.165, 1.54) is 17.5 Å². The summed E-state index contributed by atoms with van der Waals surface area (Å²) in [4.78, 5) is 4.15. The molecule has 19 heavy (non-hydrogen) atoms. The number of furan rings is 1. The summed E-state index contributed by atoms with van der Waals surface area (Å²) in [6.07, 6.45) is 5.02. The second-order valence-corrected chi connectivity index (χ2v) is 5.53. The molecule has 0 saturated heterocycles. The van der Waals surface area contributed by atoms with E-state index in [4.69, 9.17) is 4.42 Å². The van der Waals surface area contributed by atoms with E-state index in [1.54, 1.807) is 0 Å². The Bertz CT molecular complexity index is 561. The first-order valence-electron chi connectivity index (χ1n) is 6.93. The summed E-state index contributed by atoms with van der Waals surface area (Å²) in [6.45, 7) is 5.99. The molecule has 1 fully saturated rings. The van der Waals surface area contributed by atoms with Gasteiger partial charge < -0.3 is 9.73 Å². The van der Waals surface area contributed by atoms with Crippen LogP contribution in [-0.2, 0) is 13.1 Å². The SMILES string of the molecule is Cc1ccncc1CNCc1ccc(C2CC2C)o1. The first-order valence-corrected chi connectivity index (χ1v) is 6.93. The average Bonchev–Trinajstić information content (AvgIpc) is 2.96. The summed E-state index contributed by atoms with van der Waals surface area (Å²) in [5, 5.41) is 3.41. The summed E-state index contributed by atoms with van der Waals surface area (Å²) in [7, 11) is 0. The van der Waals surface area contributed by atoms with Crippen molar-refractivity contribution in [3.05, 3.63) is 53.2 Å². The maximum Gasteiger partial charge on any atom is 0.117 e. The Balaban J connectivity index is 1.52. The molecule has 1 saturated carbocycles. The minimum absolute atomic E-state index is 0.661. The molecule has 3 heteroatoms. The molecule has 2 heterocycles. The third kappa shape index (κ3) is 2.87. The van der Waals surface area contributed by atoms with E-state index in [9.17, 15) is 0 Å². The minimum Gasteiger partial charge on any atom is -0.464 e. The van der Waals surface area contributed by atoms with Gasteiger partial charge in [0.15, 0.2) is 0 Å². The highest BCUT2D eigenvalue weighted by molar-refractivity contribution is 5.21. The van der Waals surface area contributed by atoms with E-state index in [2.05, 4.69) is 36.3 Å².